The van der Waals surface area contributed by atoms with Crippen LogP contribution in [0.3, 0.4) is 0 Å². The zero-order valence-electron chi connectivity index (χ0n) is 10.8. The molecule has 1 aliphatic rings. The average Bonchev–Trinajstić information content (AvgIpc) is 2.45. The number of aromatic nitrogens is 2. The highest BCUT2D eigenvalue weighted by Gasteiger charge is 2.30. The third kappa shape index (κ3) is 3.50. The van der Waals surface area contributed by atoms with Crippen LogP contribution in [-0.2, 0) is 4.79 Å². The number of carboxylic acid groups (broad SMARTS) is 1. The van der Waals surface area contributed by atoms with Crippen molar-refractivity contribution in [1.82, 2.24) is 9.97 Å². The van der Waals surface area contributed by atoms with E-state index in [0.717, 1.165) is 12.2 Å². The summed E-state index contributed by atoms with van der Waals surface area (Å²) in [6.07, 6.45) is 2.32. The molecule has 1 fully saturated rings. The van der Waals surface area contributed by atoms with Crippen molar-refractivity contribution in [2.24, 2.45) is 0 Å². The van der Waals surface area contributed by atoms with Crippen LogP contribution in [0.5, 0.6) is 5.88 Å². The fraction of sp³-hybridized carbons (Fsp3) is 0.583. The van der Waals surface area contributed by atoms with Gasteiger partial charge in [-0.1, -0.05) is 6.92 Å². The first-order valence-corrected chi connectivity index (χ1v) is 7.40. The highest BCUT2D eigenvalue weighted by atomic mass is 32.2. The molecule has 19 heavy (non-hydrogen) atoms. The zero-order chi connectivity index (χ0) is 13.7. The lowest BCUT2D eigenvalue weighted by atomic mass is 10.2. The quantitative estimate of drug-likeness (QED) is 0.872. The van der Waals surface area contributed by atoms with Crippen LogP contribution in [-0.4, -0.2) is 51.7 Å². The fourth-order valence-corrected chi connectivity index (χ4v) is 2.89. The molecule has 1 aromatic rings. The lowest BCUT2D eigenvalue weighted by Crippen LogP contribution is -2.47. The molecule has 0 radical (unpaired) electrons. The number of thioether (sulfide) groups is 1. The number of carbonyl (C=O) groups is 1. The van der Waals surface area contributed by atoms with Crippen molar-refractivity contribution in [3.8, 4) is 5.88 Å². The molecule has 104 valence electrons. The van der Waals surface area contributed by atoms with E-state index in [1.165, 1.54) is 6.33 Å². The molecule has 1 N–H and O–H groups in total. The van der Waals surface area contributed by atoms with Gasteiger partial charge in [0.25, 0.3) is 0 Å². The summed E-state index contributed by atoms with van der Waals surface area (Å²) in [5, 5.41) is 9.25. The number of hydrogen-bond acceptors (Lipinski definition) is 6. The van der Waals surface area contributed by atoms with Crippen molar-refractivity contribution >= 4 is 23.5 Å². The Morgan fingerprint density at radius 3 is 3.21 bits per heavy atom. The van der Waals surface area contributed by atoms with Gasteiger partial charge in [-0.3, -0.25) is 0 Å². The smallest absolute Gasteiger partial charge is 0.327 e. The van der Waals surface area contributed by atoms with Gasteiger partial charge >= 0.3 is 5.97 Å². The summed E-state index contributed by atoms with van der Waals surface area (Å²) in [5.41, 5.74) is 0. The van der Waals surface area contributed by atoms with Crippen molar-refractivity contribution < 1.29 is 14.6 Å². The largest absolute Gasteiger partial charge is 0.480 e. The first-order chi connectivity index (χ1) is 9.22. The summed E-state index contributed by atoms with van der Waals surface area (Å²) >= 11 is 1.65. The summed E-state index contributed by atoms with van der Waals surface area (Å²) < 4.78 is 5.45. The highest BCUT2D eigenvalue weighted by molar-refractivity contribution is 7.99. The Bertz CT molecular complexity index is 444. The van der Waals surface area contributed by atoms with Gasteiger partial charge in [0, 0.05) is 24.1 Å². The number of anilines is 1. The Labute approximate surface area is 116 Å². The molecular weight excluding hydrogens is 266 g/mol. The van der Waals surface area contributed by atoms with Crippen LogP contribution >= 0.6 is 11.8 Å². The minimum absolute atomic E-state index is 0.495. The topological polar surface area (TPSA) is 75.5 Å². The van der Waals surface area contributed by atoms with Gasteiger partial charge in [-0.2, -0.15) is 11.8 Å². The normalized spacial score (nSPS) is 19.2. The van der Waals surface area contributed by atoms with Crippen molar-refractivity contribution in [3.05, 3.63) is 12.4 Å². The molecule has 2 rings (SSSR count). The molecule has 0 aromatic carbocycles. The standard InChI is InChI=1S/C12H17N3O3S/c1-2-4-18-11-6-10(13-8-14-11)15-3-5-19-7-9(15)12(16)17/h6,8-9H,2-5,7H2,1H3,(H,16,17). The number of hydrogen-bond donors (Lipinski definition) is 1. The van der Waals surface area contributed by atoms with Crippen LogP contribution < -0.4 is 9.64 Å². The zero-order valence-corrected chi connectivity index (χ0v) is 11.6. The number of rotatable bonds is 5. The third-order valence-corrected chi connectivity index (χ3v) is 3.81. The molecule has 1 aromatic heterocycles. The molecular formula is C12H17N3O3S. The van der Waals surface area contributed by atoms with Gasteiger partial charge in [-0.15, -0.1) is 0 Å². The van der Waals surface area contributed by atoms with Crippen LogP contribution in [0.15, 0.2) is 12.4 Å². The van der Waals surface area contributed by atoms with Crippen molar-refractivity contribution in [1.29, 1.82) is 0 Å². The van der Waals surface area contributed by atoms with E-state index >= 15 is 0 Å². The number of carboxylic acids is 1. The Morgan fingerprint density at radius 2 is 2.47 bits per heavy atom. The van der Waals surface area contributed by atoms with Gasteiger partial charge in [-0.25, -0.2) is 14.8 Å². The lowest BCUT2D eigenvalue weighted by molar-refractivity contribution is -0.138. The second-order valence-electron chi connectivity index (χ2n) is 4.19. The van der Waals surface area contributed by atoms with Gasteiger partial charge in [-0.05, 0) is 6.42 Å². The van der Waals surface area contributed by atoms with E-state index in [9.17, 15) is 9.90 Å². The highest BCUT2D eigenvalue weighted by Crippen LogP contribution is 2.24. The van der Waals surface area contributed by atoms with E-state index in [-0.39, 0.29) is 0 Å². The molecule has 0 saturated carbocycles. The molecule has 2 heterocycles. The van der Waals surface area contributed by atoms with Gasteiger partial charge < -0.3 is 14.7 Å². The summed E-state index contributed by atoms with van der Waals surface area (Å²) in [6.45, 7) is 3.28. The predicted octanol–water partition coefficient (Wildman–Crippen LogP) is 1.27. The monoisotopic (exact) mass is 283 g/mol. The minimum Gasteiger partial charge on any atom is -0.480 e. The molecule has 0 aliphatic carbocycles. The van der Waals surface area contributed by atoms with Crippen molar-refractivity contribution in [3.63, 3.8) is 0 Å². The van der Waals surface area contributed by atoms with E-state index in [1.54, 1.807) is 22.7 Å². The number of ether oxygens (including phenoxy) is 1. The first-order valence-electron chi connectivity index (χ1n) is 6.24. The molecule has 7 heteroatoms. The molecule has 0 spiro atoms. The Balaban J connectivity index is 2.16. The first kappa shape index (κ1) is 13.9. The fourth-order valence-electron chi connectivity index (χ4n) is 1.86. The summed E-state index contributed by atoms with van der Waals surface area (Å²) in [5.74, 6) is 1.77. The van der Waals surface area contributed by atoms with Gasteiger partial charge in [0.2, 0.25) is 5.88 Å². The Morgan fingerprint density at radius 1 is 1.63 bits per heavy atom. The van der Waals surface area contributed by atoms with Crippen LogP contribution in [0.4, 0.5) is 5.82 Å². The Hall–Kier alpha value is -1.50. The second kappa shape index (κ2) is 6.60. The van der Waals surface area contributed by atoms with Crippen LogP contribution in [0.2, 0.25) is 0 Å². The number of nitrogens with zero attached hydrogens (tertiary/aromatic N) is 3. The van der Waals surface area contributed by atoms with Crippen LogP contribution in [0.25, 0.3) is 0 Å². The van der Waals surface area contributed by atoms with Gasteiger partial charge in [0.05, 0.1) is 6.61 Å². The summed E-state index contributed by atoms with van der Waals surface area (Å²) in [6, 6.07) is 1.18. The van der Waals surface area contributed by atoms with E-state index in [1.807, 2.05) is 6.92 Å². The lowest BCUT2D eigenvalue weighted by Gasteiger charge is -2.33. The van der Waals surface area contributed by atoms with Crippen LogP contribution in [0, 0.1) is 0 Å². The van der Waals surface area contributed by atoms with Crippen molar-refractivity contribution in [2.45, 2.75) is 19.4 Å². The maximum Gasteiger partial charge on any atom is 0.327 e. The van der Waals surface area contributed by atoms with E-state index in [2.05, 4.69) is 9.97 Å². The molecule has 0 bridgehead atoms. The molecule has 0 amide bonds. The molecule has 1 unspecified atom stereocenters. The van der Waals surface area contributed by atoms with Gasteiger partial charge in [0.1, 0.15) is 18.2 Å². The van der Waals surface area contributed by atoms with Crippen LogP contribution in [0.1, 0.15) is 13.3 Å². The second-order valence-corrected chi connectivity index (χ2v) is 5.34. The Kier molecular flexibility index (Phi) is 4.84. The summed E-state index contributed by atoms with van der Waals surface area (Å²) in [4.78, 5) is 21.3. The van der Waals surface area contributed by atoms with Gasteiger partial charge in [0.15, 0.2) is 0 Å². The maximum absolute atomic E-state index is 11.3. The molecule has 1 aliphatic heterocycles. The average molecular weight is 283 g/mol. The summed E-state index contributed by atoms with van der Waals surface area (Å²) in [7, 11) is 0. The van der Waals surface area contributed by atoms with E-state index in [4.69, 9.17) is 4.74 Å². The van der Waals surface area contributed by atoms with E-state index in [0.29, 0.717) is 30.6 Å². The number of aliphatic carboxylic acids is 1. The molecule has 1 saturated heterocycles. The molecule has 6 nitrogen and oxygen atoms in total. The van der Waals surface area contributed by atoms with Crippen molar-refractivity contribution in [2.75, 3.05) is 29.6 Å². The maximum atomic E-state index is 11.3. The molecule has 1 atom stereocenters. The SMILES string of the molecule is CCCOc1cc(N2CCSCC2C(=O)O)ncn1. The predicted molar refractivity (Wildman–Crippen MR) is 73.9 cm³/mol. The third-order valence-electron chi connectivity index (χ3n) is 2.79. The van der Waals surface area contributed by atoms with E-state index < -0.39 is 12.0 Å². The minimum atomic E-state index is -0.818.